The molecule has 4 rings (SSSR count). The maximum absolute atomic E-state index is 13.0. The van der Waals surface area contributed by atoms with Gasteiger partial charge in [-0.1, -0.05) is 12.5 Å². The van der Waals surface area contributed by atoms with E-state index in [2.05, 4.69) is 10.2 Å². The first-order chi connectivity index (χ1) is 12.7. The normalized spacial score (nSPS) is 17.7. The summed E-state index contributed by atoms with van der Waals surface area (Å²) in [6.45, 7) is 3.49. The van der Waals surface area contributed by atoms with E-state index >= 15 is 0 Å². The summed E-state index contributed by atoms with van der Waals surface area (Å²) in [6, 6.07) is 3.73. The molecule has 1 amide bonds. The van der Waals surface area contributed by atoms with Crippen LogP contribution in [0.15, 0.2) is 17.5 Å². The van der Waals surface area contributed by atoms with Crippen LogP contribution in [0.5, 0.6) is 0 Å². The third kappa shape index (κ3) is 3.76. The van der Waals surface area contributed by atoms with Crippen molar-refractivity contribution in [3.63, 3.8) is 0 Å². The second-order valence-electron chi connectivity index (χ2n) is 6.70. The van der Waals surface area contributed by atoms with Gasteiger partial charge in [0.1, 0.15) is 5.00 Å². The molecule has 0 atom stereocenters. The van der Waals surface area contributed by atoms with Crippen LogP contribution in [0.3, 0.4) is 0 Å². The van der Waals surface area contributed by atoms with Crippen LogP contribution in [0.25, 0.3) is 0 Å². The minimum Gasteiger partial charge on any atom is -0.376 e. The van der Waals surface area contributed by atoms with Crippen LogP contribution in [0.2, 0.25) is 0 Å². The molecule has 1 fully saturated rings. The third-order valence-corrected chi connectivity index (χ3v) is 6.85. The predicted molar refractivity (Wildman–Crippen MR) is 104 cm³/mol. The van der Waals surface area contributed by atoms with Gasteiger partial charge in [0.2, 0.25) is 11.7 Å². The Morgan fingerprint density at radius 2 is 2.08 bits per heavy atom. The maximum Gasteiger partial charge on any atom is 0.239 e. The SMILES string of the molecule is O=C(CN1CCCCC1)Nc1sc2c(c1C(=O)c1cccs1)CCOC2. The molecular weight excluding hydrogens is 368 g/mol. The van der Waals surface area contributed by atoms with Gasteiger partial charge in [0, 0.05) is 4.88 Å². The molecule has 2 aromatic heterocycles. The Morgan fingerprint density at radius 3 is 2.85 bits per heavy atom. The first-order valence-electron chi connectivity index (χ1n) is 9.05. The highest BCUT2D eigenvalue weighted by atomic mass is 32.1. The molecule has 2 aromatic rings. The summed E-state index contributed by atoms with van der Waals surface area (Å²) >= 11 is 2.93. The smallest absolute Gasteiger partial charge is 0.239 e. The molecule has 0 bridgehead atoms. The summed E-state index contributed by atoms with van der Waals surface area (Å²) in [6.07, 6.45) is 4.27. The van der Waals surface area contributed by atoms with Crippen molar-refractivity contribution in [2.24, 2.45) is 0 Å². The molecule has 1 N–H and O–H groups in total. The average Bonchev–Trinajstić information content (AvgIpc) is 3.29. The fourth-order valence-electron chi connectivity index (χ4n) is 3.58. The van der Waals surface area contributed by atoms with E-state index in [1.165, 1.54) is 29.1 Å². The Bertz CT molecular complexity index is 792. The molecule has 4 heterocycles. The lowest BCUT2D eigenvalue weighted by Gasteiger charge is -2.25. The van der Waals surface area contributed by atoms with Gasteiger partial charge in [-0.25, -0.2) is 0 Å². The van der Waals surface area contributed by atoms with E-state index in [4.69, 9.17) is 4.74 Å². The number of ketones is 1. The number of hydrogen-bond acceptors (Lipinski definition) is 6. The van der Waals surface area contributed by atoms with Crippen molar-refractivity contribution in [2.75, 3.05) is 31.6 Å². The van der Waals surface area contributed by atoms with Gasteiger partial charge in [0.25, 0.3) is 0 Å². The van der Waals surface area contributed by atoms with E-state index < -0.39 is 0 Å². The fraction of sp³-hybridized carbons (Fsp3) is 0.474. The van der Waals surface area contributed by atoms with Crippen LogP contribution < -0.4 is 5.32 Å². The van der Waals surface area contributed by atoms with Crippen molar-refractivity contribution in [3.05, 3.63) is 38.4 Å². The number of amides is 1. The molecule has 7 heteroatoms. The van der Waals surface area contributed by atoms with Crippen LogP contribution in [0.4, 0.5) is 5.00 Å². The molecule has 26 heavy (non-hydrogen) atoms. The molecule has 0 unspecified atom stereocenters. The van der Waals surface area contributed by atoms with Crippen molar-refractivity contribution in [2.45, 2.75) is 32.3 Å². The fourth-order valence-corrected chi connectivity index (χ4v) is 5.45. The van der Waals surface area contributed by atoms with Gasteiger partial charge in [-0.3, -0.25) is 14.5 Å². The van der Waals surface area contributed by atoms with E-state index in [1.807, 2.05) is 17.5 Å². The number of carbonyl (C=O) groups excluding carboxylic acids is 2. The molecule has 0 aromatic carbocycles. The van der Waals surface area contributed by atoms with Crippen LogP contribution in [-0.4, -0.2) is 42.8 Å². The number of carbonyl (C=O) groups is 2. The minimum atomic E-state index is -0.0355. The molecule has 0 saturated carbocycles. The van der Waals surface area contributed by atoms with Gasteiger partial charge in [0.15, 0.2) is 0 Å². The van der Waals surface area contributed by atoms with Gasteiger partial charge >= 0.3 is 0 Å². The Labute approximate surface area is 161 Å². The van der Waals surface area contributed by atoms with Gasteiger partial charge < -0.3 is 10.1 Å². The van der Waals surface area contributed by atoms with Gasteiger partial charge in [0.05, 0.1) is 30.2 Å². The summed E-state index contributed by atoms with van der Waals surface area (Å²) in [5.41, 5.74) is 1.72. The lowest BCUT2D eigenvalue weighted by atomic mass is 10.0. The molecule has 2 aliphatic rings. The number of likely N-dealkylation sites (tertiary alicyclic amines) is 1. The van der Waals surface area contributed by atoms with Crippen molar-refractivity contribution in [1.29, 1.82) is 0 Å². The molecular formula is C19H22N2O3S2. The van der Waals surface area contributed by atoms with Gasteiger partial charge in [-0.05, 0) is 49.4 Å². The van der Waals surface area contributed by atoms with Crippen molar-refractivity contribution in [3.8, 4) is 0 Å². The lowest BCUT2D eigenvalue weighted by molar-refractivity contribution is -0.117. The minimum absolute atomic E-state index is 0.00710. The number of hydrogen-bond donors (Lipinski definition) is 1. The summed E-state index contributed by atoms with van der Waals surface area (Å²) in [5.74, 6) is -0.0284. The number of anilines is 1. The van der Waals surface area contributed by atoms with Gasteiger partial charge in [-0.15, -0.1) is 22.7 Å². The first kappa shape index (κ1) is 17.9. The highest BCUT2D eigenvalue weighted by molar-refractivity contribution is 7.17. The Kier molecular flexibility index (Phi) is 5.49. The Hall–Kier alpha value is -1.54. The average molecular weight is 391 g/mol. The number of ether oxygens (including phenoxy) is 1. The number of fused-ring (bicyclic) bond motifs is 1. The Morgan fingerprint density at radius 1 is 1.23 bits per heavy atom. The lowest BCUT2D eigenvalue weighted by Crippen LogP contribution is -2.36. The molecule has 1 saturated heterocycles. The standard InChI is InChI=1S/C19H22N2O3S2/c22-16(11-21-7-2-1-3-8-21)20-19-17(18(23)14-5-4-10-25-14)13-6-9-24-12-15(13)26-19/h4-5,10H,1-3,6-9,11-12H2,(H,20,22). The van der Waals surface area contributed by atoms with Crippen LogP contribution in [-0.2, 0) is 22.6 Å². The number of rotatable bonds is 5. The van der Waals surface area contributed by atoms with E-state index in [-0.39, 0.29) is 11.7 Å². The summed E-state index contributed by atoms with van der Waals surface area (Å²) in [5, 5.41) is 5.61. The van der Waals surface area contributed by atoms with Crippen LogP contribution >= 0.6 is 22.7 Å². The zero-order valence-corrected chi connectivity index (χ0v) is 16.2. The molecule has 5 nitrogen and oxygen atoms in total. The molecule has 138 valence electrons. The topological polar surface area (TPSA) is 58.6 Å². The zero-order valence-electron chi connectivity index (χ0n) is 14.6. The quantitative estimate of drug-likeness (QED) is 0.794. The van der Waals surface area contributed by atoms with E-state index in [0.29, 0.717) is 35.2 Å². The van der Waals surface area contributed by atoms with Gasteiger partial charge in [-0.2, -0.15) is 0 Å². The van der Waals surface area contributed by atoms with E-state index in [9.17, 15) is 9.59 Å². The second kappa shape index (κ2) is 8.00. The van der Waals surface area contributed by atoms with Crippen molar-refractivity contribution >= 4 is 39.4 Å². The molecule has 0 spiro atoms. The zero-order chi connectivity index (χ0) is 17.9. The number of piperidine rings is 1. The predicted octanol–water partition coefficient (Wildman–Crippen LogP) is 3.54. The Balaban J connectivity index is 1.57. The highest BCUT2D eigenvalue weighted by Gasteiger charge is 2.28. The number of nitrogens with one attached hydrogen (secondary N) is 1. The molecule has 0 radical (unpaired) electrons. The highest BCUT2D eigenvalue weighted by Crippen LogP contribution is 2.38. The van der Waals surface area contributed by atoms with E-state index in [0.717, 1.165) is 42.8 Å². The molecule has 2 aliphatic heterocycles. The number of thiophene rings is 2. The van der Waals surface area contributed by atoms with Crippen molar-refractivity contribution in [1.82, 2.24) is 4.90 Å². The third-order valence-electron chi connectivity index (χ3n) is 4.86. The second-order valence-corrected chi connectivity index (χ2v) is 8.75. The van der Waals surface area contributed by atoms with E-state index in [1.54, 1.807) is 0 Å². The summed E-state index contributed by atoms with van der Waals surface area (Å²) in [7, 11) is 0. The molecule has 0 aliphatic carbocycles. The number of nitrogens with zero attached hydrogens (tertiary/aromatic N) is 1. The monoisotopic (exact) mass is 390 g/mol. The maximum atomic E-state index is 13.0. The van der Waals surface area contributed by atoms with Crippen LogP contribution in [0.1, 0.15) is 44.9 Å². The largest absolute Gasteiger partial charge is 0.376 e. The van der Waals surface area contributed by atoms with Crippen LogP contribution in [0, 0.1) is 0 Å². The van der Waals surface area contributed by atoms with Crippen molar-refractivity contribution < 1.29 is 14.3 Å². The summed E-state index contributed by atoms with van der Waals surface area (Å²) < 4.78 is 5.54. The summed E-state index contributed by atoms with van der Waals surface area (Å²) in [4.78, 5) is 29.6. The first-order valence-corrected chi connectivity index (χ1v) is 10.7.